The summed E-state index contributed by atoms with van der Waals surface area (Å²) in [6, 6.07) is 10.7. The number of nitrogens with two attached hydrogens (primary N) is 1. The van der Waals surface area contributed by atoms with Crippen molar-refractivity contribution in [3.63, 3.8) is 0 Å². The van der Waals surface area contributed by atoms with Crippen molar-refractivity contribution in [1.29, 1.82) is 5.26 Å². The Bertz CT molecular complexity index is 1030. The third-order valence-corrected chi connectivity index (χ3v) is 4.51. The molecule has 7 nitrogen and oxygen atoms in total. The number of nitrogens with zero attached hydrogens (tertiary/aromatic N) is 2. The number of esters is 1. The molecule has 0 aliphatic carbocycles. The normalized spacial score (nSPS) is 10.5. The predicted molar refractivity (Wildman–Crippen MR) is 97.6 cm³/mol. The van der Waals surface area contributed by atoms with Crippen molar-refractivity contribution in [3.05, 3.63) is 58.0 Å². The Labute approximate surface area is 157 Å². The molecule has 0 amide bonds. The van der Waals surface area contributed by atoms with E-state index in [1.807, 2.05) is 6.07 Å². The first-order valence-corrected chi connectivity index (χ1v) is 8.28. The van der Waals surface area contributed by atoms with Gasteiger partial charge in [-0.05, 0) is 46.3 Å². The van der Waals surface area contributed by atoms with E-state index in [0.29, 0.717) is 21.7 Å². The number of methoxy groups -OCH3 is 1. The molecule has 0 spiro atoms. The van der Waals surface area contributed by atoms with Crippen LogP contribution in [0, 0.1) is 11.3 Å². The average molecular weight is 416 g/mol. The highest BCUT2D eigenvalue weighted by Crippen LogP contribution is 2.33. The van der Waals surface area contributed by atoms with Gasteiger partial charge < -0.3 is 24.6 Å². The lowest BCUT2D eigenvalue weighted by molar-refractivity contribution is 0.0593. The number of aromatic nitrogens is 1. The zero-order valence-corrected chi connectivity index (χ0v) is 15.3. The van der Waals surface area contributed by atoms with E-state index >= 15 is 0 Å². The van der Waals surface area contributed by atoms with E-state index in [4.69, 9.17) is 20.0 Å². The summed E-state index contributed by atoms with van der Waals surface area (Å²) < 4.78 is 12.5. The van der Waals surface area contributed by atoms with Gasteiger partial charge in [-0.3, -0.25) is 0 Å². The molecule has 2 heterocycles. The minimum Gasteiger partial charge on any atom is -0.464 e. The van der Waals surface area contributed by atoms with Gasteiger partial charge in [-0.25, -0.2) is 4.79 Å². The molecule has 0 atom stereocenters. The number of furan rings is 1. The Hall–Kier alpha value is -3.02. The van der Waals surface area contributed by atoms with Crippen LogP contribution in [0.3, 0.4) is 0 Å². The first-order chi connectivity index (χ1) is 12.5. The Morgan fingerprint density at radius 1 is 1.42 bits per heavy atom. The van der Waals surface area contributed by atoms with Crippen LogP contribution < -0.4 is 5.73 Å². The average Bonchev–Trinajstić information content (AvgIpc) is 3.25. The van der Waals surface area contributed by atoms with Crippen LogP contribution in [0.2, 0.25) is 0 Å². The van der Waals surface area contributed by atoms with Gasteiger partial charge in [0.15, 0.2) is 5.69 Å². The molecular formula is C18H14BrN3O4. The minimum atomic E-state index is -0.636. The first-order valence-electron chi connectivity index (χ1n) is 7.49. The molecule has 3 rings (SSSR count). The quantitative estimate of drug-likeness (QED) is 0.632. The standard InChI is InChI=1S/C18H14BrN3O4/c1-25-18(24)17-16(21)10(7-20)8-22(17)11-2-4-13(14(19)6-11)15-5-3-12(9-23)26-15/h2-6,8,23H,9,21H2,1H3. The molecule has 8 heteroatoms. The van der Waals surface area contributed by atoms with Crippen LogP contribution in [0.25, 0.3) is 17.0 Å². The van der Waals surface area contributed by atoms with Crippen LogP contribution >= 0.6 is 15.9 Å². The smallest absolute Gasteiger partial charge is 0.357 e. The van der Waals surface area contributed by atoms with E-state index in [1.54, 1.807) is 30.3 Å². The van der Waals surface area contributed by atoms with Crippen molar-refractivity contribution in [2.24, 2.45) is 0 Å². The highest BCUT2D eigenvalue weighted by atomic mass is 79.9. The van der Waals surface area contributed by atoms with Gasteiger partial charge in [0.25, 0.3) is 0 Å². The SMILES string of the molecule is COC(=O)c1c(N)c(C#N)cn1-c1ccc(-c2ccc(CO)o2)c(Br)c1. The maximum atomic E-state index is 12.1. The first kappa shape index (κ1) is 17.8. The molecule has 0 aliphatic rings. The summed E-state index contributed by atoms with van der Waals surface area (Å²) >= 11 is 3.49. The number of rotatable bonds is 4. The molecule has 132 valence electrons. The van der Waals surface area contributed by atoms with Crippen LogP contribution in [-0.2, 0) is 11.3 Å². The highest BCUT2D eigenvalue weighted by Gasteiger charge is 2.22. The molecule has 3 aromatic rings. The summed E-state index contributed by atoms with van der Waals surface area (Å²) in [5.41, 5.74) is 7.64. The number of anilines is 1. The number of nitriles is 1. The third kappa shape index (κ3) is 2.98. The van der Waals surface area contributed by atoms with Crippen molar-refractivity contribution in [1.82, 2.24) is 4.57 Å². The summed E-state index contributed by atoms with van der Waals surface area (Å²) in [5.74, 6) is 0.411. The largest absolute Gasteiger partial charge is 0.464 e. The number of hydrogen-bond donors (Lipinski definition) is 2. The molecule has 2 aromatic heterocycles. The van der Waals surface area contributed by atoms with Crippen molar-refractivity contribution >= 4 is 27.6 Å². The van der Waals surface area contributed by atoms with Crippen LogP contribution in [0.5, 0.6) is 0 Å². The number of carbonyl (C=O) groups excluding carboxylic acids is 1. The van der Waals surface area contributed by atoms with Crippen LogP contribution in [0.15, 0.2) is 45.4 Å². The van der Waals surface area contributed by atoms with E-state index in [-0.39, 0.29) is 23.6 Å². The molecule has 0 saturated heterocycles. The molecule has 0 radical (unpaired) electrons. The second kappa shape index (κ2) is 7.07. The number of hydrogen-bond acceptors (Lipinski definition) is 6. The summed E-state index contributed by atoms with van der Waals surface area (Å²) in [5, 5.41) is 18.3. The van der Waals surface area contributed by atoms with Crippen molar-refractivity contribution in [2.45, 2.75) is 6.61 Å². The lowest BCUT2D eigenvalue weighted by Gasteiger charge is -2.10. The Balaban J connectivity index is 2.10. The molecule has 0 unspecified atom stereocenters. The molecule has 0 aliphatic heterocycles. The topological polar surface area (TPSA) is 114 Å². The number of benzene rings is 1. The molecule has 3 N–H and O–H groups in total. The van der Waals surface area contributed by atoms with Gasteiger partial charge in [0.1, 0.15) is 24.2 Å². The maximum Gasteiger partial charge on any atom is 0.357 e. The molecule has 0 fully saturated rings. The van der Waals surface area contributed by atoms with Crippen molar-refractivity contribution < 1.29 is 19.1 Å². The van der Waals surface area contributed by atoms with Crippen LogP contribution in [-0.4, -0.2) is 22.8 Å². The van der Waals surface area contributed by atoms with Gasteiger partial charge >= 0.3 is 5.97 Å². The van der Waals surface area contributed by atoms with Crippen LogP contribution in [0.4, 0.5) is 5.69 Å². The van der Waals surface area contributed by atoms with Crippen molar-refractivity contribution in [3.8, 4) is 23.1 Å². The van der Waals surface area contributed by atoms with E-state index in [0.717, 1.165) is 5.56 Å². The zero-order chi connectivity index (χ0) is 18.8. The van der Waals surface area contributed by atoms with E-state index in [2.05, 4.69) is 15.9 Å². The van der Waals surface area contributed by atoms with Gasteiger partial charge in [-0.15, -0.1) is 0 Å². The maximum absolute atomic E-state index is 12.1. The summed E-state index contributed by atoms with van der Waals surface area (Å²) in [4.78, 5) is 12.1. The van der Waals surface area contributed by atoms with E-state index in [9.17, 15) is 10.1 Å². The fourth-order valence-electron chi connectivity index (χ4n) is 2.58. The second-order valence-electron chi connectivity index (χ2n) is 5.37. The molecule has 1 aromatic carbocycles. The fraction of sp³-hybridized carbons (Fsp3) is 0.111. The molecule has 0 saturated carbocycles. The van der Waals surface area contributed by atoms with Gasteiger partial charge in [-0.2, -0.15) is 5.26 Å². The highest BCUT2D eigenvalue weighted by molar-refractivity contribution is 9.10. The number of aliphatic hydroxyl groups excluding tert-OH is 1. The fourth-order valence-corrected chi connectivity index (χ4v) is 3.14. The number of carbonyl (C=O) groups is 1. The Morgan fingerprint density at radius 3 is 2.77 bits per heavy atom. The number of ether oxygens (including phenoxy) is 1. The van der Waals surface area contributed by atoms with Gasteiger partial charge in [-0.1, -0.05) is 0 Å². The Kier molecular flexibility index (Phi) is 4.84. The number of halogens is 1. The molecule has 0 bridgehead atoms. The van der Waals surface area contributed by atoms with Gasteiger partial charge in [0.05, 0.1) is 18.4 Å². The second-order valence-corrected chi connectivity index (χ2v) is 6.22. The van der Waals surface area contributed by atoms with Crippen molar-refractivity contribution in [2.75, 3.05) is 12.8 Å². The van der Waals surface area contributed by atoms with Crippen LogP contribution in [0.1, 0.15) is 21.8 Å². The van der Waals surface area contributed by atoms with E-state index < -0.39 is 5.97 Å². The molecular weight excluding hydrogens is 402 g/mol. The lowest BCUT2D eigenvalue weighted by atomic mass is 10.1. The zero-order valence-electron chi connectivity index (χ0n) is 13.7. The number of nitrogen functional groups attached to an aromatic ring is 1. The summed E-state index contributed by atoms with van der Waals surface area (Å²) in [6.07, 6.45) is 1.49. The number of aliphatic hydroxyl groups is 1. The van der Waals surface area contributed by atoms with Gasteiger partial charge in [0, 0.05) is 21.9 Å². The third-order valence-electron chi connectivity index (χ3n) is 3.86. The minimum absolute atomic E-state index is 0.0678. The lowest BCUT2D eigenvalue weighted by Crippen LogP contribution is -2.11. The monoisotopic (exact) mass is 415 g/mol. The summed E-state index contributed by atoms with van der Waals surface area (Å²) in [7, 11) is 1.25. The molecule has 26 heavy (non-hydrogen) atoms. The Morgan fingerprint density at radius 2 is 2.19 bits per heavy atom. The summed E-state index contributed by atoms with van der Waals surface area (Å²) in [6.45, 7) is -0.183. The van der Waals surface area contributed by atoms with Gasteiger partial charge in [0.2, 0.25) is 0 Å². The predicted octanol–water partition coefficient (Wildman–Crippen LogP) is 3.23. The van der Waals surface area contributed by atoms with E-state index in [1.165, 1.54) is 17.9 Å².